The van der Waals surface area contributed by atoms with E-state index in [9.17, 15) is 4.39 Å². The molecule has 8 nitrogen and oxygen atoms in total. The zero-order chi connectivity index (χ0) is 21.5. The first-order valence-electron chi connectivity index (χ1n) is 9.22. The fraction of sp³-hybridized carbons (Fsp3) is 0.0476. The van der Waals surface area contributed by atoms with Gasteiger partial charge in [0.15, 0.2) is 5.82 Å². The molecule has 2 aromatic carbocycles. The van der Waals surface area contributed by atoms with Crippen molar-refractivity contribution in [3.8, 4) is 34.3 Å². The predicted molar refractivity (Wildman–Crippen MR) is 115 cm³/mol. The summed E-state index contributed by atoms with van der Waals surface area (Å²) in [5, 5.41) is 12.6. The fourth-order valence-corrected chi connectivity index (χ4v) is 3.46. The van der Waals surface area contributed by atoms with Crippen LogP contribution in [0.4, 0.5) is 10.2 Å². The number of nitrogen functional groups attached to an aromatic ring is 1. The number of aryl methyl sites for hydroxylation is 1. The number of aromatic amines is 1. The monoisotopic (exact) mass is 435 g/mol. The average Bonchev–Trinajstić information content (AvgIpc) is 3.40. The van der Waals surface area contributed by atoms with E-state index < -0.39 is 0 Å². The second kappa shape index (κ2) is 7.37. The lowest BCUT2D eigenvalue weighted by Crippen LogP contribution is -2.03. The highest BCUT2D eigenvalue weighted by atomic mass is 35.5. The Balaban J connectivity index is 1.69. The Kier molecular flexibility index (Phi) is 4.52. The summed E-state index contributed by atoms with van der Waals surface area (Å²) in [5.74, 6) is 0.164. The zero-order valence-electron chi connectivity index (χ0n) is 16.2. The van der Waals surface area contributed by atoms with Crippen molar-refractivity contribution in [2.75, 3.05) is 5.73 Å². The molecule has 0 radical (unpaired) electrons. The molecule has 0 aliphatic rings. The molecule has 3 aromatic heterocycles. The number of H-pyrrole nitrogens is 1. The lowest BCUT2D eigenvalue weighted by Gasteiger charge is -2.13. The number of nitrogens with one attached hydrogen (secondary N) is 1. The molecule has 5 rings (SSSR count). The molecule has 0 bridgehead atoms. The van der Waals surface area contributed by atoms with Crippen LogP contribution in [0.2, 0.25) is 5.02 Å². The summed E-state index contributed by atoms with van der Waals surface area (Å²) in [4.78, 5) is 9.15. The van der Waals surface area contributed by atoms with Crippen molar-refractivity contribution in [1.82, 2.24) is 29.9 Å². The van der Waals surface area contributed by atoms with Crippen molar-refractivity contribution in [2.45, 2.75) is 0 Å². The number of nitrogens with two attached hydrogens (primary N) is 1. The van der Waals surface area contributed by atoms with E-state index in [2.05, 4.69) is 25.3 Å². The van der Waals surface area contributed by atoms with Crippen LogP contribution in [0.15, 0.2) is 54.9 Å². The van der Waals surface area contributed by atoms with Crippen LogP contribution < -0.4 is 10.5 Å². The molecular formula is C21H15ClFN7O. The van der Waals surface area contributed by atoms with Gasteiger partial charge in [0.25, 0.3) is 5.88 Å². The summed E-state index contributed by atoms with van der Waals surface area (Å²) >= 11 is 6.44. The minimum atomic E-state index is -0.374. The highest BCUT2D eigenvalue weighted by Gasteiger charge is 2.20. The Morgan fingerprint density at radius 1 is 1.10 bits per heavy atom. The van der Waals surface area contributed by atoms with Gasteiger partial charge in [0.1, 0.15) is 28.6 Å². The van der Waals surface area contributed by atoms with Crippen molar-refractivity contribution in [2.24, 2.45) is 7.05 Å². The van der Waals surface area contributed by atoms with Crippen molar-refractivity contribution < 1.29 is 9.13 Å². The molecule has 0 spiro atoms. The Bertz CT molecular complexity index is 1410. The van der Waals surface area contributed by atoms with Crippen LogP contribution in [0.5, 0.6) is 11.6 Å². The van der Waals surface area contributed by atoms with Crippen LogP contribution in [-0.2, 0) is 7.05 Å². The lowest BCUT2D eigenvalue weighted by molar-refractivity contribution is 0.462. The Hall–Kier alpha value is -3.98. The SMILES string of the molecule is Cn1ccc(-c2nc(N)c(Oc3ccc(F)cc3)nc2-c2cc(Cl)c3[nH]ncc3c2)n1. The molecule has 0 saturated heterocycles. The molecule has 3 N–H and O–H groups in total. The zero-order valence-corrected chi connectivity index (χ0v) is 16.9. The Morgan fingerprint density at radius 3 is 2.65 bits per heavy atom. The molecule has 0 aliphatic heterocycles. The number of nitrogens with zero attached hydrogens (tertiary/aromatic N) is 5. The second-order valence-electron chi connectivity index (χ2n) is 6.83. The van der Waals surface area contributed by atoms with Crippen LogP contribution in [0.25, 0.3) is 33.5 Å². The van der Waals surface area contributed by atoms with Gasteiger partial charge in [-0.05, 0) is 42.5 Å². The van der Waals surface area contributed by atoms with Crippen molar-refractivity contribution in [3.05, 3.63) is 65.7 Å². The van der Waals surface area contributed by atoms with E-state index in [1.807, 2.05) is 12.1 Å². The van der Waals surface area contributed by atoms with Crippen molar-refractivity contribution >= 4 is 28.3 Å². The number of ether oxygens (including phenoxy) is 1. The van der Waals surface area contributed by atoms with Gasteiger partial charge in [-0.3, -0.25) is 9.78 Å². The van der Waals surface area contributed by atoms with Gasteiger partial charge in [-0.25, -0.2) is 14.4 Å². The molecule has 10 heteroatoms. The molecule has 3 heterocycles. The van der Waals surface area contributed by atoms with Crippen LogP contribution >= 0.6 is 11.6 Å². The number of hydrogen-bond acceptors (Lipinski definition) is 6. The first-order valence-corrected chi connectivity index (χ1v) is 9.59. The van der Waals surface area contributed by atoms with Crippen LogP contribution in [-0.4, -0.2) is 29.9 Å². The van der Waals surface area contributed by atoms with Gasteiger partial charge in [0.05, 0.1) is 16.7 Å². The van der Waals surface area contributed by atoms with Gasteiger partial charge in [-0.2, -0.15) is 10.2 Å². The van der Waals surface area contributed by atoms with Crippen LogP contribution in [0.3, 0.4) is 0 Å². The molecule has 154 valence electrons. The van der Waals surface area contributed by atoms with Crippen molar-refractivity contribution in [3.63, 3.8) is 0 Å². The number of rotatable bonds is 4. The van der Waals surface area contributed by atoms with E-state index in [1.54, 1.807) is 30.2 Å². The molecule has 0 saturated carbocycles. The van der Waals surface area contributed by atoms with E-state index in [1.165, 1.54) is 24.3 Å². The molecule has 0 atom stereocenters. The van der Waals surface area contributed by atoms with E-state index in [4.69, 9.17) is 22.1 Å². The van der Waals surface area contributed by atoms with E-state index in [0.717, 1.165) is 10.9 Å². The molecular weight excluding hydrogens is 421 g/mol. The second-order valence-corrected chi connectivity index (χ2v) is 7.24. The fourth-order valence-electron chi connectivity index (χ4n) is 3.19. The van der Waals surface area contributed by atoms with E-state index in [0.29, 0.717) is 33.4 Å². The lowest BCUT2D eigenvalue weighted by atomic mass is 10.1. The predicted octanol–water partition coefficient (Wildman–Crippen LogP) is 4.59. The summed E-state index contributed by atoms with van der Waals surface area (Å²) in [5.41, 5.74) is 9.10. The number of halogens is 2. The smallest absolute Gasteiger partial charge is 0.263 e. The van der Waals surface area contributed by atoms with Gasteiger partial charge < -0.3 is 10.5 Å². The summed E-state index contributed by atoms with van der Waals surface area (Å²) < 4.78 is 20.7. The third kappa shape index (κ3) is 3.55. The Morgan fingerprint density at radius 2 is 1.90 bits per heavy atom. The first-order chi connectivity index (χ1) is 15.0. The molecule has 31 heavy (non-hydrogen) atoms. The third-order valence-corrected chi connectivity index (χ3v) is 4.95. The summed E-state index contributed by atoms with van der Waals surface area (Å²) in [6.45, 7) is 0. The normalized spacial score (nSPS) is 11.2. The minimum absolute atomic E-state index is 0.0733. The number of anilines is 1. The van der Waals surface area contributed by atoms with Gasteiger partial charge >= 0.3 is 0 Å². The number of fused-ring (bicyclic) bond motifs is 1. The third-order valence-electron chi connectivity index (χ3n) is 4.65. The average molecular weight is 436 g/mol. The molecule has 0 aliphatic carbocycles. The molecule has 0 fully saturated rings. The maximum Gasteiger partial charge on any atom is 0.263 e. The molecule has 0 unspecified atom stereocenters. The largest absolute Gasteiger partial charge is 0.436 e. The highest BCUT2D eigenvalue weighted by molar-refractivity contribution is 6.35. The number of hydrogen-bond donors (Lipinski definition) is 2. The maximum absolute atomic E-state index is 13.2. The van der Waals surface area contributed by atoms with Gasteiger partial charge in [0, 0.05) is 24.2 Å². The highest BCUT2D eigenvalue weighted by Crippen LogP contribution is 2.36. The molecule has 0 amide bonds. The standard InChI is InChI=1S/C21H15ClFN7O/c1-30-7-6-16(29-30)19-18(11-8-12-10-25-28-17(12)15(22)9-11)27-21(20(24)26-19)31-14-4-2-13(23)3-5-14/h2-10H,1H3,(H2,24,26)(H,25,28). The van der Waals surface area contributed by atoms with Crippen LogP contribution in [0, 0.1) is 5.82 Å². The van der Waals surface area contributed by atoms with Gasteiger partial charge in [-0.1, -0.05) is 11.6 Å². The topological polar surface area (TPSA) is 108 Å². The molecule has 5 aromatic rings. The van der Waals surface area contributed by atoms with E-state index >= 15 is 0 Å². The number of benzene rings is 2. The quantitative estimate of drug-likeness (QED) is 0.427. The van der Waals surface area contributed by atoms with Crippen LogP contribution in [0.1, 0.15) is 0 Å². The minimum Gasteiger partial charge on any atom is -0.436 e. The summed E-state index contributed by atoms with van der Waals surface area (Å²) in [7, 11) is 1.81. The van der Waals surface area contributed by atoms with E-state index in [-0.39, 0.29) is 17.5 Å². The maximum atomic E-state index is 13.2. The van der Waals surface area contributed by atoms with Gasteiger partial charge in [0.2, 0.25) is 0 Å². The Labute approximate surface area is 180 Å². The number of aromatic nitrogens is 6. The summed E-state index contributed by atoms with van der Waals surface area (Å²) in [6, 6.07) is 11.0. The summed E-state index contributed by atoms with van der Waals surface area (Å²) in [6.07, 6.45) is 3.47. The van der Waals surface area contributed by atoms with Crippen molar-refractivity contribution in [1.29, 1.82) is 0 Å². The van der Waals surface area contributed by atoms with Gasteiger partial charge in [-0.15, -0.1) is 0 Å². The first kappa shape index (κ1) is 19.0.